The molecule has 0 unspecified atom stereocenters. The molecule has 0 saturated carbocycles. The van der Waals surface area contributed by atoms with E-state index < -0.39 is 12.1 Å². The van der Waals surface area contributed by atoms with Crippen molar-refractivity contribution in [1.29, 1.82) is 0 Å². The van der Waals surface area contributed by atoms with Crippen LogP contribution in [0.1, 0.15) is 26.7 Å². The van der Waals surface area contributed by atoms with Crippen molar-refractivity contribution in [3.8, 4) is 0 Å². The third kappa shape index (κ3) is 6.80. The van der Waals surface area contributed by atoms with Crippen LogP contribution < -0.4 is 5.32 Å². The fourth-order valence-corrected chi connectivity index (χ4v) is 1.79. The Balaban J connectivity index is 0.000000360. The Bertz CT molecular complexity index is 245. The summed E-state index contributed by atoms with van der Waals surface area (Å²) in [7, 11) is 0. The Hall–Kier alpha value is -0.820. The van der Waals surface area contributed by atoms with Crippen LogP contribution in [0.2, 0.25) is 0 Å². The summed E-state index contributed by atoms with van der Waals surface area (Å²) in [6.45, 7) is 9.43. The molecule has 1 aliphatic rings. The predicted molar refractivity (Wildman–Crippen MR) is 62.5 cm³/mol. The van der Waals surface area contributed by atoms with Crippen molar-refractivity contribution in [2.75, 3.05) is 26.2 Å². The van der Waals surface area contributed by atoms with Crippen LogP contribution in [0.5, 0.6) is 0 Å². The molecule has 18 heavy (non-hydrogen) atoms. The van der Waals surface area contributed by atoms with E-state index in [0.29, 0.717) is 0 Å². The molecule has 0 amide bonds. The molecule has 0 aliphatic carbocycles. The highest BCUT2D eigenvalue weighted by molar-refractivity contribution is 5.73. The minimum atomic E-state index is -5.08. The molecule has 0 aromatic carbocycles. The summed E-state index contributed by atoms with van der Waals surface area (Å²) in [5.41, 5.74) is 0. The van der Waals surface area contributed by atoms with Gasteiger partial charge < -0.3 is 10.4 Å². The molecule has 0 bridgehead atoms. The quantitative estimate of drug-likeness (QED) is 0.820. The van der Waals surface area contributed by atoms with Gasteiger partial charge in [0.05, 0.1) is 0 Å². The maximum absolute atomic E-state index is 10.6. The molecule has 0 radical (unpaired) electrons. The number of alkyl halides is 3. The molecule has 7 heteroatoms. The Morgan fingerprint density at radius 2 is 2.00 bits per heavy atom. The molecule has 108 valence electrons. The van der Waals surface area contributed by atoms with Gasteiger partial charge in [0.2, 0.25) is 0 Å². The van der Waals surface area contributed by atoms with Crippen LogP contribution >= 0.6 is 0 Å². The summed E-state index contributed by atoms with van der Waals surface area (Å²) in [6.07, 6.45) is -2.51. The second-order valence-corrected chi connectivity index (χ2v) is 4.11. The van der Waals surface area contributed by atoms with Gasteiger partial charge in [0.15, 0.2) is 0 Å². The number of hydrogen-bond donors (Lipinski definition) is 2. The van der Waals surface area contributed by atoms with E-state index in [4.69, 9.17) is 9.90 Å². The lowest BCUT2D eigenvalue weighted by Gasteiger charge is -2.35. The molecule has 2 N–H and O–H groups in total. The van der Waals surface area contributed by atoms with Crippen LogP contribution in [-0.2, 0) is 4.79 Å². The van der Waals surface area contributed by atoms with E-state index in [1.165, 1.54) is 39.0 Å². The van der Waals surface area contributed by atoms with Gasteiger partial charge in [-0.15, -0.1) is 0 Å². The zero-order valence-corrected chi connectivity index (χ0v) is 10.8. The van der Waals surface area contributed by atoms with Gasteiger partial charge in [0.25, 0.3) is 0 Å². The number of halogens is 3. The number of carboxylic acid groups (broad SMARTS) is 1. The molecule has 0 spiro atoms. The van der Waals surface area contributed by atoms with Gasteiger partial charge in [-0.25, -0.2) is 4.79 Å². The van der Waals surface area contributed by atoms with Crippen molar-refractivity contribution in [1.82, 2.24) is 10.2 Å². The van der Waals surface area contributed by atoms with Crippen molar-refractivity contribution >= 4 is 5.97 Å². The van der Waals surface area contributed by atoms with Gasteiger partial charge >= 0.3 is 12.1 Å². The zero-order chi connectivity index (χ0) is 14.2. The number of aliphatic carboxylic acids is 1. The van der Waals surface area contributed by atoms with Gasteiger partial charge in [0.1, 0.15) is 0 Å². The number of nitrogens with one attached hydrogen (secondary N) is 1. The van der Waals surface area contributed by atoms with E-state index in [1.54, 1.807) is 0 Å². The van der Waals surface area contributed by atoms with Crippen LogP contribution in [0.3, 0.4) is 0 Å². The summed E-state index contributed by atoms with van der Waals surface area (Å²) in [6, 6.07) is 0.795. The van der Waals surface area contributed by atoms with Crippen molar-refractivity contribution in [3.63, 3.8) is 0 Å². The molecule has 4 nitrogen and oxygen atoms in total. The summed E-state index contributed by atoms with van der Waals surface area (Å²) >= 11 is 0. The fraction of sp³-hybridized carbons (Fsp3) is 0.909. The summed E-state index contributed by atoms with van der Waals surface area (Å²) in [5.74, 6) is -2.76. The van der Waals surface area contributed by atoms with Crippen molar-refractivity contribution in [2.45, 2.75) is 38.9 Å². The van der Waals surface area contributed by atoms with Gasteiger partial charge in [-0.3, -0.25) is 4.90 Å². The minimum absolute atomic E-state index is 0.795. The molecular weight excluding hydrogens is 249 g/mol. The molecule has 1 atom stereocenters. The average Bonchev–Trinajstić information content (AvgIpc) is 2.30. The standard InChI is InChI=1S/C9H20N2.C2HF3O2/c1-3-6-11-7-5-10-8-9(11)4-2;3-2(4,5)1(6)7/h9-10H,3-8H2,1-2H3;(H,6,7)/t9-;/m0./s1. The van der Waals surface area contributed by atoms with Crippen LogP contribution in [-0.4, -0.2) is 54.4 Å². The maximum Gasteiger partial charge on any atom is 0.490 e. The normalized spacial score (nSPS) is 21.1. The Kier molecular flexibility index (Phi) is 7.93. The third-order valence-electron chi connectivity index (χ3n) is 2.70. The average molecular weight is 270 g/mol. The molecule has 1 saturated heterocycles. The van der Waals surface area contributed by atoms with Gasteiger partial charge in [-0.1, -0.05) is 13.8 Å². The minimum Gasteiger partial charge on any atom is -0.475 e. The largest absolute Gasteiger partial charge is 0.490 e. The second-order valence-electron chi connectivity index (χ2n) is 4.11. The lowest BCUT2D eigenvalue weighted by molar-refractivity contribution is -0.192. The molecule has 1 rings (SSSR count). The molecular formula is C11H21F3N2O2. The van der Waals surface area contributed by atoms with Crippen molar-refractivity contribution in [2.24, 2.45) is 0 Å². The molecule has 1 aliphatic heterocycles. The Morgan fingerprint density at radius 3 is 2.39 bits per heavy atom. The van der Waals surface area contributed by atoms with E-state index in [-0.39, 0.29) is 0 Å². The van der Waals surface area contributed by atoms with E-state index in [2.05, 4.69) is 24.1 Å². The topological polar surface area (TPSA) is 52.6 Å². The first-order valence-electron chi connectivity index (χ1n) is 6.07. The van der Waals surface area contributed by atoms with E-state index in [1.807, 2.05) is 0 Å². The molecule has 1 fully saturated rings. The number of hydrogen-bond acceptors (Lipinski definition) is 3. The second kappa shape index (κ2) is 8.31. The number of carboxylic acids is 1. The van der Waals surface area contributed by atoms with Crippen molar-refractivity contribution < 1.29 is 23.1 Å². The van der Waals surface area contributed by atoms with Crippen LogP contribution in [0, 0.1) is 0 Å². The zero-order valence-electron chi connectivity index (χ0n) is 10.8. The van der Waals surface area contributed by atoms with Gasteiger partial charge in [-0.05, 0) is 19.4 Å². The third-order valence-corrected chi connectivity index (χ3v) is 2.70. The SMILES string of the molecule is CCCN1CCNC[C@@H]1CC.O=C(O)C(F)(F)F. The van der Waals surface area contributed by atoms with Crippen LogP contribution in [0.25, 0.3) is 0 Å². The number of carbonyl (C=O) groups is 1. The summed E-state index contributed by atoms with van der Waals surface area (Å²) in [4.78, 5) is 11.5. The fourth-order valence-electron chi connectivity index (χ4n) is 1.79. The lowest BCUT2D eigenvalue weighted by Crippen LogP contribution is -2.50. The number of nitrogens with zero attached hydrogens (tertiary/aromatic N) is 1. The number of rotatable bonds is 3. The number of piperazine rings is 1. The Labute approximate surface area is 105 Å². The highest BCUT2D eigenvalue weighted by Gasteiger charge is 2.38. The van der Waals surface area contributed by atoms with Crippen LogP contribution in [0.15, 0.2) is 0 Å². The predicted octanol–water partition coefficient (Wildman–Crippen LogP) is 1.71. The molecule has 0 aromatic rings. The van der Waals surface area contributed by atoms with Gasteiger partial charge in [0, 0.05) is 25.7 Å². The summed E-state index contributed by atoms with van der Waals surface area (Å²) in [5, 5.41) is 10.6. The highest BCUT2D eigenvalue weighted by Crippen LogP contribution is 2.13. The highest BCUT2D eigenvalue weighted by atomic mass is 19.4. The maximum atomic E-state index is 10.6. The summed E-state index contributed by atoms with van der Waals surface area (Å²) < 4.78 is 31.7. The Morgan fingerprint density at radius 1 is 1.44 bits per heavy atom. The van der Waals surface area contributed by atoms with Gasteiger partial charge in [-0.2, -0.15) is 13.2 Å². The lowest BCUT2D eigenvalue weighted by atomic mass is 10.1. The first-order chi connectivity index (χ1) is 8.32. The smallest absolute Gasteiger partial charge is 0.475 e. The molecule has 0 aromatic heterocycles. The van der Waals surface area contributed by atoms with Crippen molar-refractivity contribution in [3.05, 3.63) is 0 Å². The van der Waals surface area contributed by atoms with Crippen LogP contribution in [0.4, 0.5) is 13.2 Å². The first kappa shape index (κ1) is 17.2. The van der Waals surface area contributed by atoms with E-state index >= 15 is 0 Å². The monoisotopic (exact) mass is 270 g/mol. The first-order valence-corrected chi connectivity index (χ1v) is 6.07. The molecule has 1 heterocycles. The van der Waals surface area contributed by atoms with E-state index in [9.17, 15) is 13.2 Å². The van der Waals surface area contributed by atoms with E-state index in [0.717, 1.165) is 6.04 Å².